The molecule has 0 spiro atoms. The maximum Gasteiger partial charge on any atom is 0.317 e. The lowest BCUT2D eigenvalue weighted by molar-refractivity contribution is -0.134. The molecule has 1 aliphatic heterocycles. The first kappa shape index (κ1) is 25.2. The molecule has 32 heavy (non-hydrogen) atoms. The molecule has 0 aliphatic carbocycles. The summed E-state index contributed by atoms with van der Waals surface area (Å²) in [6, 6.07) is 7.75. The lowest BCUT2D eigenvalue weighted by Gasteiger charge is -2.36. The van der Waals surface area contributed by atoms with Crippen LogP contribution in [-0.4, -0.2) is 73.0 Å². The van der Waals surface area contributed by atoms with Crippen LogP contribution in [0.5, 0.6) is 0 Å². The lowest BCUT2D eigenvalue weighted by Crippen LogP contribution is -2.52. The van der Waals surface area contributed by atoms with E-state index in [1.807, 2.05) is 56.9 Å². The van der Waals surface area contributed by atoms with E-state index < -0.39 is 0 Å². The Morgan fingerprint density at radius 3 is 2.22 bits per heavy atom. The topological polar surface area (TPSA) is 85.0 Å². The number of urea groups is 1. The number of amides is 4. The summed E-state index contributed by atoms with van der Waals surface area (Å²) in [5.74, 6) is -0.0509. The maximum absolute atomic E-state index is 12.5. The van der Waals surface area contributed by atoms with Gasteiger partial charge in [-0.3, -0.25) is 9.59 Å². The fourth-order valence-electron chi connectivity index (χ4n) is 3.52. The number of nitrogens with one attached hydrogen (secondary N) is 2. The minimum Gasteiger partial charge on any atom is -0.368 e. The van der Waals surface area contributed by atoms with Gasteiger partial charge in [0.1, 0.15) is 6.54 Å². The highest BCUT2D eigenvalue weighted by molar-refractivity contribution is 5.94. The Hall–Kier alpha value is -3.03. The molecule has 4 amide bonds. The first-order valence-electron chi connectivity index (χ1n) is 11.3. The molecule has 1 fully saturated rings. The highest BCUT2D eigenvalue weighted by Crippen LogP contribution is 2.20. The summed E-state index contributed by atoms with van der Waals surface area (Å²) in [4.78, 5) is 42.5. The smallest absolute Gasteiger partial charge is 0.317 e. The second-order valence-corrected chi connectivity index (χ2v) is 8.83. The van der Waals surface area contributed by atoms with E-state index >= 15 is 0 Å². The quantitative estimate of drug-likeness (QED) is 0.575. The van der Waals surface area contributed by atoms with Crippen molar-refractivity contribution in [2.45, 2.75) is 40.2 Å². The van der Waals surface area contributed by atoms with Crippen LogP contribution in [0.1, 0.15) is 34.1 Å². The molecular formula is C24H37N5O3. The third-order valence-corrected chi connectivity index (χ3v) is 5.11. The zero-order valence-electron chi connectivity index (χ0n) is 19.8. The predicted octanol–water partition coefficient (Wildman–Crippen LogP) is 2.93. The van der Waals surface area contributed by atoms with Crippen molar-refractivity contribution in [3.8, 4) is 0 Å². The van der Waals surface area contributed by atoms with E-state index in [1.54, 1.807) is 6.08 Å². The Balaban J connectivity index is 1.87. The summed E-state index contributed by atoms with van der Waals surface area (Å²) in [5.41, 5.74) is 1.73. The van der Waals surface area contributed by atoms with Crippen LogP contribution in [0.25, 0.3) is 0 Å². The van der Waals surface area contributed by atoms with Crippen molar-refractivity contribution in [2.24, 2.45) is 5.92 Å². The molecule has 1 aromatic carbocycles. The van der Waals surface area contributed by atoms with Crippen LogP contribution in [0.2, 0.25) is 0 Å². The monoisotopic (exact) mass is 443 g/mol. The van der Waals surface area contributed by atoms with E-state index in [0.717, 1.165) is 18.8 Å². The molecule has 176 valence electrons. The average molecular weight is 444 g/mol. The number of rotatable bonds is 9. The van der Waals surface area contributed by atoms with Gasteiger partial charge in [0.05, 0.1) is 0 Å². The summed E-state index contributed by atoms with van der Waals surface area (Å²) in [6.07, 6.45) is 2.04. The number of hydrogen-bond acceptors (Lipinski definition) is 4. The molecule has 2 rings (SSSR count). The molecule has 0 bridgehead atoms. The van der Waals surface area contributed by atoms with Crippen LogP contribution in [0.15, 0.2) is 36.9 Å². The normalized spacial score (nSPS) is 13.8. The molecule has 1 aliphatic rings. The van der Waals surface area contributed by atoms with E-state index in [0.29, 0.717) is 31.7 Å². The Morgan fingerprint density at radius 1 is 1.06 bits per heavy atom. The third kappa shape index (κ3) is 7.90. The number of benzene rings is 1. The molecule has 0 atom stereocenters. The van der Waals surface area contributed by atoms with Gasteiger partial charge in [-0.15, -0.1) is 6.58 Å². The number of hydrogen-bond donors (Lipinski definition) is 2. The Morgan fingerprint density at radius 2 is 1.69 bits per heavy atom. The number of anilines is 2. The first-order valence-corrected chi connectivity index (χ1v) is 11.3. The highest BCUT2D eigenvalue weighted by atomic mass is 16.2. The number of carbonyl (C=O) groups is 3. The van der Waals surface area contributed by atoms with Gasteiger partial charge in [0.2, 0.25) is 11.8 Å². The van der Waals surface area contributed by atoms with E-state index in [9.17, 15) is 14.4 Å². The van der Waals surface area contributed by atoms with Gasteiger partial charge in [0, 0.05) is 56.6 Å². The fourth-order valence-corrected chi connectivity index (χ4v) is 3.52. The van der Waals surface area contributed by atoms with Crippen LogP contribution in [0, 0.1) is 5.92 Å². The molecular weight excluding hydrogens is 406 g/mol. The van der Waals surface area contributed by atoms with Gasteiger partial charge in [-0.1, -0.05) is 19.9 Å². The van der Waals surface area contributed by atoms with Gasteiger partial charge in [0.15, 0.2) is 0 Å². The Labute approximate surface area is 191 Å². The average Bonchev–Trinajstić information content (AvgIpc) is 2.73. The number of carbonyl (C=O) groups excluding carboxylic acids is 3. The van der Waals surface area contributed by atoms with Crippen molar-refractivity contribution in [1.82, 2.24) is 15.1 Å². The number of nitrogens with zero attached hydrogens (tertiary/aromatic N) is 3. The van der Waals surface area contributed by atoms with Crippen molar-refractivity contribution < 1.29 is 14.4 Å². The van der Waals surface area contributed by atoms with Gasteiger partial charge in [-0.05, 0) is 44.0 Å². The molecule has 8 nitrogen and oxygen atoms in total. The minimum atomic E-state index is -0.235. The largest absolute Gasteiger partial charge is 0.368 e. The van der Waals surface area contributed by atoms with Gasteiger partial charge < -0.3 is 25.3 Å². The number of piperazine rings is 1. The third-order valence-electron chi connectivity index (χ3n) is 5.11. The summed E-state index contributed by atoms with van der Waals surface area (Å²) >= 11 is 0. The fraction of sp³-hybridized carbons (Fsp3) is 0.542. The van der Waals surface area contributed by atoms with Crippen LogP contribution >= 0.6 is 0 Å². The van der Waals surface area contributed by atoms with Crippen LogP contribution in [0.3, 0.4) is 0 Å². The van der Waals surface area contributed by atoms with Gasteiger partial charge in [-0.2, -0.15) is 0 Å². The van der Waals surface area contributed by atoms with Crippen molar-refractivity contribution in [2.75, 3.05) is 49.5 Å². The molecule has 0 aromatic heterocycles. The summed E-state index contributed by atoms with van der Waals surface area (Å²) in [7, 11) is 0. The zero-order chi connectivity index (χ0) is 23.7. The van der Waals surface area contributed by atoms with E-state index in [4.69, 9.17) is 0 Å². The maximum atomic E-state index is 12.5. The Kier molecular flexibility index (Phi) is 9.56. The van der Waals surface area contributed by atoms with E-state index in [1.165, 1.54) is 4.90 Å². The lowest BCUT2D eigenvalue weighted by atomic mass is 10.1. The van der Waals surface area contributed by atoms with Gasteiger partial charge in [-0.25, -0.2) is 4.79 Å². The summed E-state index contributed by atoms with van der Waals surface area (Å²) < 4.78 is 0. The Bertz CT molecular complexity index is 783. The van der Waals surface area contributed by atoms with Gasteiger partial charge in [0.25, 0.3) is 0 Å². The molecule has 2 N–H and O–H groups in total. The SMILES string of the molecule is C=CCN(CC(=O)Nc1ccc(N2CCN(C(=O)NC(C)C)CC2)cc1)C(=O)CC(C)C. The first-order chi connectivity index (χ1) is 15.2. The second-order valence-electron chi connectivity index (χ2n) is 8.83. The molecule has 0 radical (unpaired) electrons. The molecule has 0 saturated carbocycles. The molecule has 1 aromatic rings. The van der Waals surface area contributed by atoms with Crippen molar-refractivity contribution in [3.63, 3.8) is 0 Å². The second kappa shape index (κ2) is 12.1. The summed E-state index contributed by atoms with van der Waals surface area (Å²) in [5, 5.41) is 5.79. The van der Waals surface area contributed by atoms with E-state index in [-0.39, 0.29) is 36.3 Å². The van der Waals surface area contributed by atoms with Crippen LogP contribution < -0.4 is 15.5 Å². The van der Waals surface area contributed by atoms with Gasteiger partial charge >= 0.3 is 6.03 Å². The van der Waals surface area contributed by atoms with Crippen LogP contribution in [0.4, 0.5) is 16.2 Å². The predicted molar refractivity (Wildman–Crippen MR) is 129 cm³/mol. The summed E-state index contributed by atoms with van der Waals surface area (Å²) in [6.45, 7) is 14.7. The minimum absolute atomic E-state index is 0.000272. The molecule has 8 heteroatoms. The van der Waals surface area contributed by atoms with Crippen LogP contribution in [-0.2, 0) is 9.59 Å². The molecule has 1 saturated heterocycles. The zero-order valence-corrected chi connectivity index (χ0v) is 19.8. The molecule has 1 heterocycles. The van der Waals surface area contributed by atoms with Crippen molar-refractivity contribution in [1.29, 1.82) is 0 Å². The highest BCUT2D eigenvalue weighted by Gasteiger charge is 2.22. The van der Waals surface area contributed by atoms with E-state index in [2.05, 4.69) is 22.1 Å². The van der Waals surface area contributed by atoms with Crippen molar-refractivity contribution in [3.05, 3.63) is 36.9 Å². The van der Waals surface area contributed by atoms with Crippen molar-refractivity contribution >= 4 is 29.2 Å². The standard InChI is InChI=1S/C24H37N5O3/c1-6-11-29(23(31)16-18(2)3)17-22(30)26-20-7-9-21(10-8-20)27-12-14-28(15-13-27)24(32)25-19(4)5/h6-10,18-19H,1,11-17H2,2-5H3,(H,25,32)(H,26,30). The molecule has 0 unspecified atom stereocenters.